The standard InChI is InChI=1S/C53H34N2S/c1-2-15-34(16-3-1)54-47-24-12-8-20-39(47)41-30-35(27-29-48(41)54)55-49-32-51-46(31-42(49)40-28-26-33-14-4-5-17-36(33)52(40)55)53(45-23-11-13-25-50(45)56-51)43-21-9-6-18-37(43)38-19-7-10-22-44(38)53/h1-29,31-32,35H,30H2. The zero-order chi connectivity index (χ0) is 36.5. The second-order valence-corrected chi connectivity index (χ2v) is 16.6. The van der Waals surface area contributed by atoms with E-state index in [1.807, 2.05) is 11.8 Å². The summed E-state index contributed by atoms with van der Waals surface area (Å²) in [5.74, 6) is 0. The molecule has 0 N–H and O–H groups in total. The van der Waals surface area contributed by atoms with Crippen LogP contribution in [0.4, 0.5) is 0 Å². The van der Waals surface area contributed by atoms with E-state index >= 15 is 0 Å². The van der Waals surface area contributed by atoms with Gasteiger partial charge in [0.15, 0.2) is 0 Å². The molecule has 3 heterocycles. The first-order valence-electron chi connectivity index (χ1n) is 19.6. The average molecular weight is 731 g/mol. The highest BCUT2D eigenvalue weighted by Gasteiger charge is 2.50. The third-order valence-corrected chi connectivity index (χ3v) is 14.0. The van der Waals surface area contributed by atoms with Gasteiger partial charge in [0.05, 0.1) is 28.0 Å². The van der Waals surface area contributed by atoms with Gasteiger partial charge in [-0.2, -0.15) is 0 Å². The molecule has 0 amide bonds. The molecule has 2 nitrogen and oxygen atoms in total. The molecule has 1 unspecified atom stereocenters. The molecule has 262 valence electrons. The Balaban J connectivity index is 1.11. The second kappa shape index (κ2) is 11.3. The van der Waals surface area contributed by atoms with Crippen molar-refractivity contribution < 1.29 is 0 Å². The van der Waals surface area contributed by atoms with Gasteiger partial charge in [0.2, 0.25) is 0 Å². The van der Waals surface area contributed by atoms with E-state index in [-0.39, 0.29) is 6.04 Å². The highest BCUT2D eigenvalue weighted by molar-refractivity contribution is 7.99. The predicted molar refractivity (Wildman–Crippen MR) is 233 cm³/mol. The number of hydrogen-bond donors (Lipinski definition) is 0. The maximum absolute atomic E-state index is 2.69. The molecule has 0 bridgehead atoms. The Labute approximate surface area is 329 Å². The summed E-state index contributed by atoms with van der Waals surface area (Å²) in [6.07, 6.45) is 5.77. The normalized spacial score (nSPS) is 16.0. The summed E-state index contributed by atoms with van der Waals surface area (Å²) in [6.45, 7) is 0. The van der Waals surface area contributed by atoms with Crippen molar-refractivity contribution in [2.75, 3.05) is 0 Å². The van der Waals surface area contributed by atoms with Crippen LogP contribution in [-0.4, -0.2) is 9.13 Å². The van der Waals surface area contributed by atoms with Gasteiger partial charge in [-0.1, -0.05) is 157 Å². The lowest BCUT2D eigenvalue weighted by molar-refractivity contribution is 0.636. The molecule has 1 aliphatic heterocycles. The Kier molecular flexibility index (Phi) is 6.18. The number of rotatable bonds is 2. The fourth-order valence-corrected chi connectivity index (χ4v) is 11.9. The zero-order valence-electron chi connectivity index (χ0n) is 30.5. The highest BCUT2D eigenvalue weighted by Crippen LogP contribution is 2.63. The lowest BCUT2D eigenvalue weighted by atomic mass is 9.67. The Hall–Kier alpha value is -6.55. The molecule has 0 saturated carbocycles. The van der Waals surface area contributed by atoms with E-state index in [1.165, 1.54) is 104 Å². The number of allylic oxidation sites excluding steroid dienone is 1. The molecule has 2 aliphatic carbocycles. The van der Waals surface area contributed by atoms with Gasteiger partial charge in [-0.15, -0.1) is 0 Å². The van der Waals surface area contributed by atoms with E-state index in [9.17, 15) is 0 Å². The third-order valence-electron chi connectivity index (χ3n) is 12.9. The minimum absolute atomic E-state index is 0.129. The van der Waals surface area contributed by atoms with E-state index in [2.05, 4.69) is 197 Å². The Morgan fingerprint density at radius 1 is 0.500 bits per heavy atom. The fourth-order valence-electron chi connectivity index (χ4n) is 10.7. The maximum atomic E-state index is 2.69. The van der Waals surface area contributed by atoms with Crippen molar-refractivity contribution in [2.45, 2.75) is 27.7 Å². The molecule has 56 heavy (non-hydrogen) atoms. The van der Waals surface area contributed by atoms with Gasteiger partial charge in [0.25, 0.3) is 0 Å². The Bertz CT molecular complexity index is 3280. The first-order valence-corrected chi connectivity index (χ1v) is 20.4. The molecular weight excluding hydrogens is 697 g/mol. The van der Waals surface area contributed by atoms with Crippen LogP contribution in [0.3, 0.4) is 0 Å². The quantitative estimate of drug-likeness (QED) is 0.172. The SMILES string of the molecule is C1=CC(n2c3cc4c(cc3c3ccc5ccccc5c32)C2(c3ccccc3S4)c3ccccc3-c3ccccc32)Cc2c1n(-c1ccccc1)c1ccccc21. The fraction of sp³-hybridized carbons (Fsp3) is 0.0566. The molecule has 13 rings (SSSR count). The van der Waals surface area contributed by atoms with Gasteiger partial charge in [-0.3, -0.25) is 0 Å². The van der Waals surface area contributed by atoms with Crippen LogP contribution < -0.4 is 0 Å². The lowest BCUT2D eigenvalue weighted by Crippen LogP contribution is -2.32. The van der Waals surface area contributed by atoms with Crippen molar-refractivity contribution >= 4 is 61.3 Å². The van der Waals surface area contributed by atoms with Crippen LogP contribution in [0, 0.1) is 0 Å². The van der Waals surface area contributed by atoms with Crippen LogP contribution in [0.5, 0.6) is 0 Å². The number of nitrogens with zero attached hydrogens (tertiary/aromatic N) is 2. The number of fused-ring (bicyclic) bond motifs is 17. The molecule has 8 aromatic carbocycles. The summed E-state index contributed by atoms with van der Waals surface area (Å²) in [6, 6.07) is 66.0. The molecule has 2 aromatic heterocycles. The molecule has 1 atom stereocenters. The summed E-state index contributed by atoms with van der Waals surface area (Å²) in [7, 11) is 0. The number of benzene rings is 8. The van der Waals surface area contributed by atoms with Crippen molar-refractivity contribution in [3.05, 3.63) is 216 Å². The van der Waals surface area contributed by atoms with Crippen LogP contribution >= 0.6 is 11.8 Å². The van der Waals surface area contributed by atoms with Crippen LogP contribution in [0.25, 0.3) is 66.4 Å². The summed E-state index contributed by atoms with van der Waals surface area (Å²) < 4.78 is 5.13. The first kappa shape index (κ1) is 30.7. The van der Waals surface area contributed by atoms with Gasteiger partial charge in [0, 0.05) is 42.7 Å². The summed E-state index contributed by atoms with van der Waals surface area (Å²) in [5.41, 5.74) is 15.5. The zero-order valence-corrected chi connectivity index (χ0v) is 31.3. The van der Waals surface area contributed by atoms with E-state index in [4.69, 9.17) is 0 Å². The Morgan fingerprint density at radius 3 is 2.00 bits per heavy atom. The molecule has 1 spiro atoms. The van der Waals surface area contributed by atoms with Crippen LogP contribution in [0.2, 0.25) is 0 Å². The predicted octanol–water partition coefficient (Wildman–Crippen LogP) is 13.5. The number of hydrogen-bond acceptors (Lipinski definition) is 1. The van der Waals surface area contributed by atoms with E-state index in [0.29, 0.717) is 0 Å². The number of para-hydroxylation sites is 2. The van der Waals surface area contributed by atoms with Crippen LogP contribution in [-0.2, 0) is 11.8 Å². The molecule has 0 saturated heterocycles. The van der Waals surface area contributed by atoms with Gasteiger partial charge in [0.1, 0.15) is 0 Å². The molecule has 0 fully saturated rings. The second-order valence-electron chi connectivity index (χ2n) is 15.5. The minimum Gasteiger partial charge on any atom is -0.333 e. The lowest BCUT2D eigenvalue weighted by Gasteiger charge is -2.39. The minimum atomic E-state index is -0.414. The summed E-state index contributed by atoms with van der Waals surface area (Å²) in [4.78, 5) is 2.66. The third kappa shape index (κ3) is 3.88. The maximum Gasteiger partial charge on any atom is 0.0735 e. The van der Waals surface area contributed by atoms with Gasteiger partial charge >= 0.3 is 0 Å². The average Bonchev–Trinajstić information content (AvgIpc) is 3.88. The topological polar surface area (TPSA) is 9.86 Å². The van der Waals surface area contributed by atoms with Crippen LogP contribution in [0.15, 0.2) is 192 Å². The van der Waals surface area contributed by atoms with Crippen molar-refractivity contribution in [1.29, 1.82) is 0 Å². The van der Waals surface area contributed by atoms with Crippen LogP contribution in [0.1, 0.15) is 39.6 Å². The largest absolute Gasteiger partial charge is 0.333 e. The van der Waals surface area contributed by atoms with E-state index in [0.717, 1.165) is 6.42 Å². The van der Waals surface area contributed by atoms with Crippen molar-refractivity contribution in [3.63, 3.8) is 0 Å². The molecular formula is C53H34N2S. The van der Waals surface area contributed by atoms with E-state index in [1.54, 1.807) is 0 Å². The van der Waals surface area contributed by atoms with Gasteiger partial charge in [-0.05, 0) is 93.2 Å². The van der Waals surface area contributed by atoms with Gasteiger partial charge < -0.3 is 9.13 Å². The highest BCUT2D eigenvalue weighted by atomic mass is 32.2. The monoisotopic (exact) mass is 730 g/mol. The molecule has 3 heteroatoms. The summed E-state index contributed by atoms with van der Waals surface area (Å²) in [5, 5.41) is 6.53. The summed E-state index contributed by atoms with van der Waals surface area (Å²) >= 11 is 1.93. The van der Waals surface area contributed by atoms with Crippen molar-refractivity contribution in [2.24, 2.45) is 0 Å². The first-order chi connectivity index (χ1) is 27.8. The number of aromatic nitrogens is 2. The van der Waals surface area contributed by atoms with Crippen molar-refractivity contribution in [1.82, 2.24) is 9.13 Å². The van der Waals surface area contributed by atoms with Gasteiger partial charge in [-0.25, -0.2) is 0 Å². The Morgan fingerprint density at radius 2 is 1.18 bits per heavy atom. The van der Waals surface area contributed by atoms with Crippen molar-refractivity contribution in [3.8, 4) is 16.8 Å². The van der Waals surface area contributed by atoms with E-state index < -0.39 is 5.41 Å². The molecule has 10 aromatic rings. The molecule has 3 aliphatic rings. The smallest absolute Gasteiger partial charge is 0.0735 e. The molecule has 0 radical (unpaired) electrons.